The Balaban J connectivity index is 2.16. The summed E-state index contributed by atoms with van der Waals surface area (Å²) in [5.41, 5.74) is 3.11. The summed E-state index contributed by atoms with van der Waals surface area (Å²) in [5, 5.41) is 8.81. The van der Waals surface area contributed by atoms with Gasteiger partial charge in [-0.3, -0.25) is 9.67 Å². The van der Waals surface area contributed by atoms with E-state index < -0.39 is 0 Å². The Hall–Kier alpha value is -1.39. The average molecular weight is 307 g/mol. The van der Waals surface area contributed by atoms with Crippen LogP contribution in [0.3, 0.4) is 0 Å². The summed E-state index contributed by atoms with van der Waals surface area (Å²) in [7, 11) is 0. The number of nitrogens with zero attached hydrogens (tertiary/aromatic N) is 3. The first-order chi connectivity index (χ1) is 10.2. The van der Waals surface area contributed by atoms with Crippen LogP contribution in [-0.2, 0) is 19.4 Å². The lowest BCUT2D eigenvalue weighted by molar-refractivity contribution is 0.492. The molecule has 0 radical (unpaired) electrons. The maximum atomic E-state index is 6.41. The van der Waals surface area contributed by atoms with Crippen molar-refractivity contribution in [2.24, 2.45) is 0 Å². The Kier molecular flexibility index (Phi) is 5.76. The second-order valence-electron chi connectivity index (χ2n) is 5.15. The van der Waals surface area contributed by atoms with Crippen LogP contribution in [0.2, 0.25) is 5.02 Å². The van der Waals surface area contributed by atoms with Gasteiger partial charge in [-0.15, -0.1) is 0 Å². The molecule has 21 heavy (non-hydrogen) atoms. The van der Waals surface area contributed by atoms with Crippen LogP contribution in [0.25, 0.3) is 0 Å². The molecule has 0 fully saturated rings. The molecule has 2 aromatic heterocycles. The molecule has 0 bridgehead atoms. The highest BCUT2D eigenvalue weighted by molar-refractivity contribution is 6.31. The second kappa shape index (κ2) is 7.57. The molecule has 2 aromatic rings. The summed E-state index contributed by atoms with van der Waals surface area (Å²) in [6.45, 7) is 7.93. The summed E-state index contributed by atoms with van der Waals surface area (Å²) >= 11 is 6.41. The van der Waals surface area contributed by atoms with Crippen LogP contribution < -0.4 is 5.32 Å². The van der Waals surface area contributed by atoms with Gasteiger partial charge in [0.1, 0.15) is 0 Å². The zero-order valence-corrected chi connectivity index (χ0v) is 13.7. The summed E-state index contributed by atoms with van der Waals surface area (Å²) in [5.74, 6) is 0. The summed E-state index contributed by atoms with van der Waals surface area (Å²) in [4.78, 5) is 4.42. The van der Waals surface area contributed by atoms with Crippen LogP contribution in [0.4, 0.5) is 0 Å². The highest BCUT2D eigenvalue weighted by Crippen LogP contribution is 2.22. The third kappa shape index (κ3) is 4.05. The van der Waals surface area contributed by atoms with Crippen molar-refractivity contribution in [3.8, 4) is 0 Å². The molecule has 2 rings (SSSR count). The summed E-state index contributed by atoms with van der Waals surface area (Å²) < 4.78 is 2.00. The molecule has 114 valence electrons. The van der Waals surface area contributed by atoms with E-state index in [0.29, 0.717) is 6.04 Å². The molecule has 1 N–H and O–H groups in total. The van der Waals surface area contributed by atoms with E-state index >= 15 is 0 Å². The van der Waals surface area contributed by atoms with Gasteiger partial charge in [0.05, 0.1) is 16.4 Å². The molecule has 5 heteroatoms. The van der Waals surface area contributed by atoms with E-state index in [-0.39, 0.29) is 0 Å². The minimum Gasteiger partial charge on any atom is -0.313 e. The van der Waals surface area contributed by atoms with Gasteiger partial charge in [-0.2, -0.15) is 5.10 Å². The smallest absolute Gasteiger partial charge is 0.0847 e. The number of halogens is 1. The minimum atomic E-state index is 0.309. The molecule has 0 aliphatic rings. The quantitative estimate of drug-likeness (QED) is 0.855. The van der Waals surface area contributed by atoms with Gasteiger partial charge in [-0.1, -0.05) is 24.6 Å². The first kappa shape index (κ1) is 16.0. The number of aromatic nitrogens is 3. The maximum absolute atomic E-state index is 6.41. The number of rotatable bonds is 7. The van der Waals surface area contributed by atoms with E-state index in [1.807, 2.05) is 29.9 Å². The van der Waals surface area contributed by atoms with Gasteiger partial charge in [-0.05, 0) is 32.5 Å². The molecule has 0 amide bonds. The Morgan fingerprint density at radius 3 is 2.71 bits per heavy atom. The summed E-state index contributed by atoms with van der Waals surface area (Å²) in [6.07, 6.45) is 3.59. The molecule has 0 aromatic carbocycles. The number of pyridine rings is 1. The Morgan fingerprint density at radius 2 is 2.10 bits per heavy atom. The topological polar surface area (TPSA) is 42.7 Å². The molecule has 1 unspecified atom stereocenters. The molecular formula is C16H23ClN4. The fourth-order valence-electron chi connectivity index (χ4n) is 2.57. The number of likely N-dealkylation sites (N-methyl/N-ethyl adjacent to an activating group) is 1. The zero-order valence-electron chi connectivity index (χ0n) is 12.9. The lowest BCUT2D eigenvalue weighted by atomic mass is 10.0. The van der Waals surface area contributed by atoms with Gasteiger partial charge in [0.2, 0.25) is 0 Å². The lowest BCUT2D eigenvalue weighted by Gasteiger charge is -2.18. The van der Waals surface area contributed by atoms with Crippen LogP contribution in [-0.4, -0.2) is 27.4 Å². The summed E-state index contributed by atoms with van der Waals surface area (Å²) in [6, 6.07) is 6.34. The lowest BCUT2D eigenvalue weighted by Crippen LogP contribution is -2.34. The Morgan fingerprint density at radius 1 is 1.29 bits per heavy atom. The van der Waals surface area contributed by atoms with Crippen LogP contribution in [0, 0.1) is 6.92 Å². The van der Waals surface area contributed by atoms with Crippen molar-refractivity contribution in [2.45, 2.75) is 46.2 Å². The minimum absolute atomic E-state index is 0.309. The van der Waals surface area contributed by atoms with Crippen molar-refractivity contribution < 1.29 is 0 Å². The molecule has 4 nitrogen and oxygen atoms in total. The molecule has 0 saturated carbocycles. The van der Waals surface area contributed by atoms with Crippen molar-refractivity contribution in [1.29, 1.82) is 0 Å². The highest BCUT2D eigenvalue weighted by Gasteiger charge is 2.18. The third-order valence-electron chi connectivity index (χ3n) is 3.57. The maximum Gasteiger partial charge on any atom is 0.0847 e. The molecule has 2 heterocycles. The standard InChI is InChI=1S/C16H23ClN4/c1-4-18-14(10-13-8-6-7-9-19-13)11-15-16(17)12(3)20-21(15)5-2/h6-9,14,18H,4-5,10-11H2,1-3H3. The molecule has 0 aliphatic heterocycles. The highest BCUT2D eigenvalue weighted by atomic mass is 35.5. The fourth-order valence-corrected chi connectivity index (χ4v) is 2.79. The van der Waals surface area contributed by atoms with E-state index in [1.165, 1.54) is 0 Å². The Bertz CT molecular complexity index is 565. The van der Waals surface area contributed by atoms with E-state index in [1.54, 1.807) is 0 Å². The third-order valence-corrected chi connectivity index (χ3v) is 4.06. The van der Waals surface area contributed by atoms with Gasteiger partial charge in [0.15, 0.2) is 0 Å². The average Bonchev–Trinajstić information content (AvgIpc) is 2.76. The van der Waals surface area contributed by atoms with Gasteiger partial charge < -0.3 is 5.32 Å². The van der Waals surface area contributed by atoms with E-state index in [2.05, 4.69) is 35.3 Å². The predicted octanol–water partition coefficient (Wildman–Crippen LogP) is 3.02. The number of nitrogens with one attached hydrogen (secondary N) is 1. The molecular weight excluding hydrogens is 284 g/mol. The first-order valence-corrected chi connectivity index (χ1v) is 7.88. The largest absolute Gasteiger partial charge is 0.313 e. The molecule has 0 spiro atoms. The van der Waals surface area contributed by atoms with Gasteiger partial charge >= 0.3 is 0 Å². The molecule has 0 aliphatic carbocycles. The first-order valence-electron chi connectivity index (χ1n) is 7.50. The van der Waals surface area contributed by atoms with E-state index in [9.17, 15) is 0 Å². The SMILES string of the molecule is CCNC(Cc1ccccn1)Cc1c(Cl)c(C)nn1CC. The normalized spacial score (nSPS) is 12.6. The van der Waals surface area contributed by atoms with Crippen molar-refractivity contribution in [2.75, 3.05) is 6.54 Å². The number of hydrogen-bond donors (Lipinski definition) is 1. The van der Waals surface area contributed by atoms with Gasteiger partial charge in [-0.25, -0.2) is 0 Å². The molecule has 1 atom stereocenters. The molecule has 0 saturated heterocycles. The Labute approximate surface area is 131 Å². The van der Waals surface area contributed by atoms with Crippen molar-refractivity contribution in [3.63, 3.8) is 0 Å². The van der Waals surface area contributed by atoms with E-state index in [4.69, 9.17) is 11.6 Å². The van der Waals surface area contributed by atoms with Crippen LogP contribution in [0.15, 0.2) is 24.4 Å². The van der Waals surface area contributed by atoms with Crippen molar-refractivity contribution in [3.05, 3.63) is 46.5 Å². The van der Waals surface area contributed by atoms with E-state index in [0.717, 1.165) is 48.0 Å². The van der Waals surface area contributed by atoms with Gasteiger partial charge in [0, 0.05) is 37.3 Å². The number of hydrogen-bond acceptors (Lipinski definition) is 3. The predicted molar refractivity (Wildman–Crippen MR) is 86.8 cm³/mol. The van der Waals surface area contributed by atoms with Gasteiger partial charge in [0.25, 0.3) is 0 Å². The zero-order chi connectivity index (χ0) is 15.2. The fraction of sp³-hybridized carbons (Fsp3) is 0.500. The number of aryl methyl sites for hydroxylation is 2. The van der Waals surface area contributed by atoms with Crippen molar-refractivity contribution >= 4 is 11.6 Å². The van der Waals surface area contributed by atoms with Crippen LogP contribution >= 0.6 is 11.6 Å². The second-order valence-corrected chi connectivity index (χ2v) is 5.52. The van der Waals surface area contributed by atoms with Crippen molar-refractivity contribution in [1.82, 2.24) is 20.1 Å². The van der Waals surface area contributed by atoms with Crippen LogP contribution in [0.5, 0.6) is 0 Å². The van der Waals surface area contributed by atoms with Crippen LogP contribution in [0.1, 0.15) is 30.9 Å². The monoisotopic (exact) mass is 306 g/mol.